The van der Waals surface area contributed by atoms with E-state index in [4.69, 9.17) is 15.9 Å². The molecular weight excluding hydrogens is 416 g/mol. The van der Waals surface area contributed by atoms with Gasteiger partial charge in [-0.3, -0.25) is 4.79 Å². The third-order valence-electron chi connectivity index (χ3n) is 5.36. The fraction of sp³-hybridized carbons (Fsp3) is 0.154. The highest BCUT2D eigenvalue weighted by molar-refractivity contribution is 6.02. The van der Waals surface area contributed by atoms with Crippen LogP contribution in [0.2, 0.25) is 0 Å². The molecule has 0 aliphatic carbocycles. The van der Waals surface area contributed by atoms with Crippen molar-refractivity contribution in [3.8, 4) is 5.75 Å². The maximum Gasteiger partial charge on any atom is 0.277 e. The van der Waals surface area contributed by atoms with Crippen LogP contribution in [0.5, 0.6) is 5.75 Å². The molecule has 7 heteroatoms. The second-order valence-electron chi connectivity index (χ2n) is 7.94. The number of nitrogens with zero attached hydrogens (tertiary/aromatic N) is 1. The molecule has 1 atom stereocenters. The first-order valence-corrected chi connectivity index (χ1v) is 10.7. The number of nitrogen functional groups attached to an aromatic ring is 1. The number of nitrogens with one attached hydrogen (secondary N) is 1. The lowest BCUT2D eigenvalue weighted by molar-refractivity contribution is 0.102. The van der Waals surface area contributed by atoms with Gasteiger partial charge < -0.3 is 26.3 Å². The molecule has 6 N–H and O–H groups in total. The Bertz CT molecular complexity index is 1200. The molecule has 0 saturated heterocycles. The number of aromatic nitrogens is 1. The highest BCUT2D eigenvalue weighted by Gasteiger charge is 2.18. The zero-order valence-electron chi connectivity index (χ0n) is 18.1. The molecule has 0 saturated carbocycles. The third-order valence-corrected chi connectivity index (χ3v) is 5.36. The van der Waals surface area contributed by atoms with Crippen molar-refractivity contribution in [2.24, 2.45) is 5.73 Å². The van der Waals surface area contributed by atoms with Gasteiger partial charge in [0.1, 0.15) is 12.0 Å². The van der Waals surface area contributed by atoms with Crippen LogP contribution in [0, 0.1) is 0 Å². The number of benzene rings is 3. The summed E-state index contributed by atoms with van der Waals surface area (Å²) in [7, 11) is 0. The van der Waals surface area contributed by atoms with Gasteiger partial charge in [-0.25, -0.2) is 4.98 Å². The Morgan fingerprint density at radius 3 is 2.12 bits per heavy atom. The van der Waals surface area contributed by atoms with Crippen molar-refractivity contribution in [1.82, 2.24) is 4.98 Å². The molecule has 0 fully saturated rings. The summed E-state index contributed by atoms with van der Waals surface area (Å²) < 4.78 is 5.43. The number of phenolic OH excluding ortho intramolecular Hbond substituents is 1. The predicted molar refractivity (Wildman–Crippen MR) is 128 cm³/mol. The molecule has 0 spiro atoms. The van der Waals surface area contributed by atoms with Gasteiger partial charge in [0.2, 0.25) is 5.89 Å². The zero-order valence-corrected chi connectivity index (χ0v) is 18.1. The van der Waals surface area contributed by atoms with Crippen LogP contribution in [0.15, 0.2) is 83.5 Å². The van der Waals surface area contributed by atoms with Crippen molar-refractivity contribution in [2.75, 3.05) is 11.1 Å². The number of hydrogen-bond acceptors (Lipinski definition) is 6. The molecule has 0 aliphatic heterocycles. The number of nitrogens with two attached hydrogens (primary N) is 2. The van der Waals surface area contributed by atoms with Gasteiger partial charge in [-0.05, 0) is 72.4 Å². The van der Waals surface area contributed by atoms with Gasteiger partial charge in [0.25, 0.3) is 5.91 Å². The molecule has 0 radical (unpaired) electrons. The molecule has 0 aliphatic rings. The second-order valence-corrected chi connectivity index (χ2v) is 7.94. The molecule has 7 nitrogen and oxygen atoms in total. The van der Waals surface area contributed by atoms with E-state index in [0.29, 0.717) is 12.1 Å². The summed E-state index contributed by atoms with van der Waals surface area (Å²) in [5, 5.41) is 12.2. The molecule has 4 aromatic rings. The molecule has 1 heterocycles. The highest BCUT2D eigenvalue weighted by Crippen LogP contribution is 2.19. The van der Waals surface area contributed by atoms with Crippen LogP contribution in [0.25, 0.3) is 0 Å². The smallest absolute Gasteiger partial charge is 0.277 e. The number of aryl methyl sites for hydroxylation is 2. The van der Waals surface area contributed by atoms with Gasteiger partial charge in [0.15, 0.2) is 5.69 Å². The summed E-state index contributed by atoms with van der Waals surface area (Å²) in [4.78, 5) is 16.8. The normalized spacial score (nSPS) is 11.8. The Kier molecular flexibility index (Phi) is 6.71. The molecule has 33 heavy (non-hydrogen) atoms. The minimum atomic E-state index is -0.503. The lowest BCUT2D eigenvalue weighted by Crippen LogP contribution is -2.16. The number of aromatic hydroxyl groups is 1. The predicted octanol–water partition coefficient (Wildman–Crippen LogP) is 4.24. The summed E-state index contributed by atoms with van der Waals surface area (Å²) >= 11 is 0. The number of phenols is 1. The van der Waals surface area contributed by atoms with E-state index in [-0.39, 0.29) is 23.2 Å². The van der Waals surface area contributed by atoms with Crippen molar-refractivity contribution < 1.29 is 14.3 Å². The number of anilines is 2. The van der Waals surface area contributed by atoms with Gasteiger partial charge in [0, 0.05) is 11.4 Å². The van der Waals surface area contributed by atoms with Gasteiger partial charge in [-0.1, -0.05) is 36.4 Å². The number of amides is 1. The van der Waals surface area contributed by atoms with Crippen LogP contribution in [-0.4, -0.2) is 16.0 Å². The van der Waals surface area contributed by atoms with Crippen LogP contribution in [-0.2, 0) is 19.3 Å². The van der Waals surface area contributed by atoms with E-state index < -0.39 is 6.04 Å². The average Bonchev–Trinajstić information content (AvgIpc) is 3.32. The van der Waals surface area contributed by atoms with Crippen molar-refractivity contribution >= 4 is 17.3 Å². The number of carbonyl (C=O) groups excluding carboxylic acids is 1. The molecule has 168 valence electrons. The summed E-state index contributed by atoms with van der Waals surface area (Å²) in [5.74, 6) is 0.111. The number of carbonyl (C=O) groups is 1. The first-order valence-electron chi connectivity index (χ1n) is 10.7. The number of rotatable bonds is 8. The molecular formula is C26H26N4O3. The van der Waals surface area contributed by atoms with E-state index in [2.05, 4.69) is 10.3 Å². The Morgan fingerprint density at radius 1 is 0.909 bits per heavy atom. The van der Waals surface area contributed by atoms with E-state index in [1.807, 2.05) is 48.5 Å². The lowest BCUT2D eigenvalue weighted by Gasteiger charge is -2.07. The Hall–Kier alpha value is -4.10. The third kappa shape index (κ3) is 5.99. The number of oxazole rings is 1. The maximum absolute atomic E-state index is 12.6. The van der Waals surface area contributed by atoms with E-state index in [0.717, 1.165) is 24.1 Å². The van der Waals surface area contributed by atoms with Crippen molar-refractivity contribution in [3.63, 3.8) is 0 Å². The van der Waals surface area contributed by atoms with Gasteiger partial charge >= 0.3 is 0 Å². The monoisotopic (exact) mass is 442 g/mol. The fourth-order valence-electron chi connectivity index (χ4n) is 3.46. The molecule has 1 amide bonds. The van der Waals surface area contributed by atoms with Crippen LogP contribution in [0.3, 0.4) is 0 Å². The number of hydrogen-bond donors (Lipinski definition) is 4. The van der Waals surface area contributed by atoms with E-state index in [1.165, 1.54) is 17.4 Å². The van der Waals surface area contributed by atoms with Gasteiger partial charge in [-0.15, -0.1) is 0 Å². The van der Waals surface area contributed by atoms with E-state index in [1.54, 1.807) is 24.3 Å². The van der Waals surface area contributed by atoms with Crippen molar-refractivity contribution in [1.29, 1.82) is 0 Å². The SMILES string of the molecule is Nc1ccc(CCc2ccc(NC(=O)c3coc(C(N)Cc4ccc(O)cc4)n3)cc2)cc1. The average molecular weight is 443 g/mol. The van der Waals surface area contributed by atoms with Gasteiger partial charge in [0.05, 0.1) is 6.04 Å². The maximum atomic E-state index is 12.6. The molecule has 3 aromatic carbocycles. The Morgan fingerprint density at radius 2 is 1.48 bits per heavy atom. The molecule has 4 rings (SSSR count). The lowest BCUT2D eigenvalue weighted by atomic mass is 10.0. The zero-order chi connectivity index (χ0) is 23.2. The van der Waals surface area contributed by atoms with E-state index in [9.17, 15) is 9.90 Å². The molecule has 1 unspecified atom stereocenters. The first-order chi connectivity index (χ1) is 16.0. The summed E-state index contributed by atoms with van der Waals surface area (Å²) in [6.07, 6.45) is 3.59. The quantitative estimate of drug-likeness (QED) is 0.302. The largest absolute Gasteiger partial charge is 0.508 e. The minimum Gasteiger partial charge on any atom is -0.508 e. The standard InChI is InChI=1S/C26H26N4O3/c27-20-9-3-17(4-10-20)1-2-18-5-11-21(12-6-18)29-25(32)24-16-33-26(30-24)23(28)15-19-7-13-22(31)14-8-19/h3-14,16,23,31H,1-2,15,27-28H2,(H,29,32). The summed E-state index contributed by atoms with van der Waals surface area (Å²) in [6.45, 7) is 0. The highest BCUT2D eigenvalue weighted by atomic mass is 16.3. The fourth-order valence-corrected chi connectivity index (χ4v) is 3.46. The van der Waals surface area contributed by atoms with Crippen molar-refractivity contribution in [3.05, 3.63) is 107 Å². The van der Waals surface area contributed by atoms with E-state index >= 15 is 0 Å². The summed E-state index contributed by atoms with van der Waals surface area (Å²) in [5.41, 5.74) is 16.8. The van der Waals surface area contributed by atoms with Crippen LogP contribution >= 0.6 is 0 Å². The Balaban J connectivity index is 1.31. The van der Waals surface area contributed by atoms with Crippen molar-refractivity contribution in [2.45, 2.75) is 25.3 Å². The second kappa shape index (κ2) is 10.0. The summed E-state index contributed by atoms with van der Waals surface area (Å²) in [6, 6.07) is 21.9. The first kappa shape index (κ1) is 22.1. The van der Waals surface area contributed by atoms with Crippen LogP contribution in [0.4, 0.5) is 11.4 Å². The van der Waals surface area contributed by atoms with Crippen LogP contribution < -0.4 is 16.8 Å². The van der Waals surface area contributed by atoms with Gasteiger partial charge in [-0.2, -0.15) is 0 Å². The topological polar surface area (TPSA) is 127 Å². The molecule has 1 aromatic heterocycles. The minimum absolute atomic E-state index is 0.165. The van der Waals surface area contributed by atoms with Crippen LogP contribution in [0.1, 0.15) is 39.1 Å². The molecule has 0 bridgehead atoms. The Labute approximate surface area is 192 Å².